The Kier molecular flexibility index (Phi) is 7.68. The molecule has 0 aliphatic carbocycles. The number of hydrogen-bond acceptors (Lipinski definition) is 4. The van der Waals surface area contributed by atoms with Gasteiger partial charge in [-0.3, -0.25) is 0 Å². The second-order valence-corrected chi connectivity index (χ2v) is 5.57. The molecule has 0 aliphatic heterocycles. The molecule has 0 amide bonds. The molecule has 0 aliphatic rings. The van der Waals surface area contributed by atoms with Crippen LogP contribution in [0.25, 0.3) is 0 Å². The van der Waals surface area contributed by atoms with Crippen LogP contribution in [0.5, 0.6) is 0 Å². The number of anilines is 1. The van der Waals surface area contributed by atoms with Crippen LogP contribution < -0.4 is 10.2 Å². The molecule has 1 N–H and O–H groups in total. The Morgan fingerprint density at radius 3 is 2.48 bits per heavy atom. The molecule has 1 aromatic rings. The van der Waals surface area contributed by atoms with Crippen molar-refractivity contribution in [3.63, 3.8) is 0 Å². The van der Waals surface area contributed by atoms with Gasteiger partial charge in [0.15, 0.2) is 0 Å². The molecule has 0 radical (unpaired) electrons. The largest absolute Gasteiger partial charge is 0.383 e. The van der Waals surface area contributed by atoms with E-state index in [0.717, 1.165) is 44.0 Å². The molecule has 1 heterocycles. The highest BCUT2D eigenvalue weighted by molar-refractivity contribution is 5.52. The lowest BCUT2D eigenvalue weighted by molar-refractivity contribution is 0.202. The first-order chi connectivity index (χ1) is 10.1. The van der Waals surface area contributed by atoms with Gasteiger partial charge in [0.2, 0.25) is 0 Å². The minimum atomic E-state index is 0.504. The molecule has 0 spiro atoms. The van der Waals surface area contributed by atoms with E-state index in [1.54, 1.807) is 7.11 Å². The first-order valence-corrected chi connectivity index (χ1v) is 7.96. The topological polar surface area (TPSA) is 37.4 Å². The predicted octanol–water partition coefficient (Wildman–Crippen LogP) is 3.06. The number of ether oxygens (including phenoxy) is 1. The van der Waals surface area contributed by atoms with E-state index in [0.29, 0.717) is 6.04 Å². The van der Waals surface area contributed by atoms with Crippen LogP contribution in [0, 0.1) is 13.8 Å². The summed E-state index contributed by atoms with van der Waals surface area (Å²) in [5.74, 6) is 1.12. The quantitative estimate of drug-likeness (QED) is 0.759. The average Bonchev–Trinajstić information content (AvgIpc) is 2.46. The van der Waals surface area contributed by atoms with Crippen molar-refractivity contribution in [1.82, 2.24) is 10.3 Å². The van der Waals surface area contributed by atoms with Gasteiger partial charge >= 0.3 is 0 Å². The van der Waals surface area contributed by atoms with Crippen LogP contribution in [0.15, 0.2) is 6.07 Å². The summed E-state index contributed by atoms with van der Waals surface area (Å²) < 4.78 is 5.31. The smallest absolute Gasteiger partial charge is 0.133 e. The van der Waals surface area contributed by atoms with Crippen LogP contribution in [0.2, 0.25) is 0 Å². The lowest BCUT2D eigenvalue weighted by atomic mass is 10.1. The predicted molar refractivity (Wildman–Crippen MR) is 90.1 cm³/mol. The zero-order chi connectivity index (χ0) is 15.8. The van der Waals surface area contributed by atoms with Crippen LogP contribution in [-0.4, -0.2) is 38.3 Å². The molecular weight excluding hydrogens is 262 g/mol. The van der Waals surface area contributed by atoms with Gasteiger partial charge in [0.25, 0.3) is 0 Å². The second kappa shape index (κ2) is 9.00. The third-order valence-corrected chi connectivity index (χ3v) is 4.00. The van der Waals surface area contributed by atoms with E-state index in [9.17, 15) is 0 Å². The first-order valence-electron chi connectivity index (χ1n) is 7.96. The van der Waals surface area contributed by atoms with Crippen LogP contribution in [-0.2, 0) is 11.3 Å². The third-order valence-electron chi connectivity index (χ3n) is 4.00. The number of pyridine rings is 1. The van der Waals surface area contributed by atoms with Crippen molar-refractivity contribution in [2.75, 3.05) is 32.2 Å². The van der Waals surface area contributed by atoms with Crippen molar-refractivity contribution >= 4 is 5.82 Å². The van der Waals surface area contributed by atoms with Gasteiger partial charge in [-0.1, -0.05) is 13.8 Å². The maximum absolute atomic E-state index is 5.31. The number of rotatable bonds is 9. The fourth-order valence-electron chi connectivity index (χ4n) is 2.86. The van der Waals surface area contributed by atoms with Gasteiger partial charge in [-0.05, 0) is 45.4 Å². The molecule has 120 valence electrons. The Balaban J connectivity index is 3.26. The third kappa shape index (κ3) is 4.68. The Bertz CT molecular complexity index is 430. The lowest BCUT2D eigenvalue weighted by Crippen LogP contribution is -2.39. The minimum absolute atomic E-state index is 0.504. The molecule has 4 heteroatoms. The van der Waals surface area contributed by atoms with E-state index in [1.165, 1.54) is 11.1 Å². The maximum atomic E-state index is 5.31. The summed E-state index contributed by atoms with van der Waals surface area (Å²) in [6, 6.07) is 2.67. The van der Waals surface area contributed by atoms with E-state index in [-0.39, 0.29) is 0 Å². The highest BCUT2D eigenvalue weighted by Gasteiger charge is 2.21. The summed E-state index contributed by atoms with van der Waals surface area (Å²) in [6.45, 7) is 11.2. The molecule has 0 atom stereocenters. The number of methoxy groups -OCH3 is 1. The van der Waals surface area contributed by atoms with Gasteiger partial charge in [-0.25, -0.2) is 4.98 Å². The van der Waals surface area contributed by atoms with Gasteiger partial charge in [0.05, 0.1) is 6.61 Å². The molecule has 4 nitrogen and oxygen atoms in total. The highest BCUT2D eigenvalue weighted by atomic mass is 16.5. The number of hydrogen-bond donors (Lipinski definition) is 1. The van der Waals surface area contributed by atoms with Crippen molar-refractivity contribution in [3.05, 3.63) is 22.9 Å². The van der Waals surface area contributed by atoms with Crippen molar-refractivity contribution < 1.29 is 4.74 Å². The fraction of sp³-hybridized carbons (Fsp3) is 0.706. The van der Waals surface area contributed by atoms with Crippen LogP contribution in [0.3, 0.4) is 0 Å². The molecule has 0 aromatic carbocycles. The number of aromatic nitrogens is 1. The summed E-state index contributed by atoms with van der Waals surface area (Å²) in [5, 5.41) is 3.27. The van der Waals surface area contributed by atoms with Crippen molar-refractivity contribution in [2.45, 2.75) is 53.1 Å². The number of nitrogens with one attached hydrogen (secondary N) is 1. The van der Waals surface area contributed by atoms with Crippen LogP contribution in [0.4, 0.5) is 5.82 Å². The molecule has 0 bridgehead atoms. The van der Waals surface area contributed by atoms with Gasteiger partial charge in [-0.15, -0.1) is 0 Å². The van der Waals surface area contributed by atoms with Gasteiger partial charge in [0, 0.05) is 37.5 Å². The first kappa shape index (κ1) is 17.9. The summed E-state index contributed by atoms with van der Waals surface area (Å²) in [7, 11) is 3.74. The summed E-state index contributed by atoms with van der Waals surface area (Å²) in [5.41, 5.74) is 3.68. The summed E-state index contributed by atoms with van der Waals surface area (Å²) in [4.78, 5) is 7.28. The Morgan fingerprint density at radius 1 is 1.29 bits per heavy atom. The standard InChI is InChI=1S/C17H31N3O/c1-7-15(8-2)20(9-10-21-6)17-16(12-18-5)13(3)11-14(4)19-17/h11,15,18H,7-10,12H2,1-6H3. The van der Waals surface area contributed by atoms with Gasteiger partial charge < -0.3 is 15.0 Å². The Morgan fingerprint density at radius 2 is 1.95 bits per heavy atom. The molecule has 1 rings (SSSR count). The van der Waals surface area contributed by atoms with Crippen LogP contribution >= 0.6 is 0 Å². The molecule has 0 unspecified atom stereocenters. The molecule has 1 aromatic heterocycles. The molecular formula is C17H31N3O. The summed E-state index contributed by atoms with van der Waals surface area (Å²) >= 11 is 0. The Labute approximate surface area is 129 Å². The number of aryl methyl sites for hydroxylation is 2. The molecule has 0 saturated heterocycles. The zero-order valence-corrected chi connectivity index (χ0v) is 14.5. The van der Waals surface area contributed by atoms with Gasteiger partial charge in [-0.2, -0.15) is 0 Å². The molecule has 0 saturated carbocycles. The fourth-order valence-corrected chi connectivity index (χ4v) is 2.86. The zero-order valence-electron chi connectivity index (χ0n) is 14.5. The van der Waals surface area contributed by atoms with Crippen molar-refractivity contribution in [3.8, 4) is 0 Å². The highest BCUT2D eigenvalue weighted by Crippen LogP contribution is 2.26. The average molecular weight is 293 g/mol. The van der Waals surface area contributed by atoms with Crippen molar-refractivity contribution in [1.29, 1.82) is 0 Å². The maximum Gasteiger partial charge on any atom is 0.133 e. The van der Waals surface area contributed by atoms with E-state index >= 15 is 0 Å². The normalized spacial score (nSPS) is 11.2. The van der Waals surface area contributed by atoms with Crippen molar-refractivity contribution in [2.24, 2.45) is 0 Å². The monoisotopic (exact) mass is 293 g/mol. The SMILES string of the molecule is CCC(CC)N(CCOC)c1nc(C)cc(C)c1CNC. The van der Waals surface area contributed by atoms with E-state index in [4.69, 9.17) is 9.72 Å². The summed E-state index contributed by atoms with van der Waals surface area (Å²) in [6.07, 6.45) is 2.24. The van der Waals surface area contributed by atoms with Crippen LogP contribution in [0.1, 0.15) is 43.5 Å². The Hall–Kier alpha value is -1.13. The number of nitrogens with zero attached hydrogens (tertiary/aromatic N) is 2. The van der Waals surface area contributed by atoms with E-state index in [2.05, 4.69) is 44.0 Å². The second-order valence-electron chi connectivity index (χ2n) is 5.57. The van der Waals surface area contributed by atoms with Gasteiger partial charge in [0.1, 0.15) is 5.82 Å². The molecule has 21 heavy (non-hydrogen) atoms. The van der Waals surface area contributed by atoms with E-state index in [1.807, 2.05) is 7.05 Å². The van der Waals surface area contributed by atoms with E-state index < -0.39 is 0 Å². The minimum Gasteiger partial charge on any atom is -0.383 e. The lowest BCUT2D eigenvalue weighted by Gasteiger charge is -2.33. The molecule has 0 fully saturated rings.